The van der Waals surface area contributed by atoms with E-state index >= 15 is 0 Å². The number of carbonyl (C=O) groups excluding carboxylic acids is 3. The quantitative estimate of drug-likeness (QED) is 0.340. The van der Waals surface area contributed by atoms with Gasteiger partial charge in [-0.15, -0.1) is 0 Å². The van der Waals surface area contributed by atoms with Crippen molar-refractivity contribution < 1.29 is 24.2 Å². The molecule has 0 aromatic heterocycles. The number of phenolic OH excluding ortho intramolecular Hbond substituents is 1. The van der Waals surface area contributed by atoms with E-state index in [2.05, 4.69) is 31.4 Å². The largest absolute Gasteiger partial charge is 0.508 e. The third-order valence-corrected chi connectivity index (χ3v) is 5.52. The number of unbranched alkanes of at least 4 members (excludes halogenated alkanes) is 2. The van der Waals surface area contributed by atoms with Gasteiger partial charge >= 0.3 is 6.09 Å². The Morgan fingerprint density at radius 3 is 2.17 bits per heavy atom. The Labute approximate surface area is 210 Å². The summed E-state index contributed by atoms with van der Waals surface area (Å²) in [5.41, 5.74) is -0.0950. The van der Waals surface area contributed by atoms with Gasteiger partial charge in [0.1, 0.15) is 23.9 Å². The Hall–Kier alpha value is -2.77. The SMILES string of the molecule is CCCCCNC(=O)C(c1ccc(O)cc1)N(C(=O)CNC(=O)OC(C)(C)C)C(C)CCC(C)C. The number of nitrogens with zero attached hydrogens (tertiary/aromatic N) is 1. The van der Waals surface area contributed by atoms with Crippen LogP contribution in [0.1, 0.15) is 92.2 Å². The molecule has 0 heterocycles. The summed E-state index contributed by atoms with van der Waals surface area (Å²) in [5, 5.41) is 15.3. The predicted octanol–water partition coefficient (Wildman–Crippen LogP) is 4.92. The smallest absolute Gasteiger partial charge is 0.408 e. The van der Waals surface area contributed by atoms with Gasteiger partial charge in [-0.25, -0.2) is 4.79 Å². The lowest BCUT2D eigenvalue weighted by Crippen LogP contribution is -2.51. The average molecular weight is 492 g/mol. The summed E-state index contributed by atoms with van der Waals surface area (Å²) in [6, 6.07) is 5.17. The highest BCUT2D eigenvalue weighted by Gasteiger charge is 2.35. The first-order chi connectivity index (χ1) is 16.4. The maximum Gasteiger partial charge on any atom is 0.408 e. The minimum atomic E-state index is -0.896. The maximum absolute atomic E-state index is 13.5. The topological polar surface area (TPSA) is 108 Å². The van der Waals surface area contributed by atoms with E-state index in [0.29, 0.717) is 24.4 Å². The van der Waals surface area contributed by atoms with Crippen LogP contribution in [0.25, 0.3) is 0 Å². The highest BCUT2D eigenvalue weighted by atomic mass is 16.6. The van der Waals surface area contributed by atoms with Gasteiger partial charge in [-0.2, -0.15) is 0 Å². The molecule has 1 aromatic rings. The van der Waals surface area contributed by atoms with E-state index in [0.717, 1.165) is 25.7 Å². The second-order valence-electron chi connectivity index (χ2n) is 10.5. The fraction of sp³-hybridized carbons (Fsp3) is 0.667. The van der Waals surface area contributed by atoms with Crippen LogP contribution in [-0.2, 0) is 14.3 Å². The van der Waals surface area contributed by atoms with Crippen molar-refractivity contribution >= 4 is 17.9 Å². The number of ether oxygens (including phenoxy) is 1. The monoisotopic (exact) mass is 491 g/mol. The van der Waals surface area contributed by atoms with Crippen molar-refractivity contribution in [3.63, 3.8) is 0 Å². The van der Waals surface area contributed by atoms with Crippen molar-refractivity contribution in [2.75, 3.05) is 13.1 Å². The van der Waals surface area contributed by atoms with E-state index in [4.69, 9.17) is 4.74 Å². The minimum Gasteiger partial charge on any atom is -0.508 e. The standard InChI is InChI=1S/C27H45N3O5/c1-8-9-10-17-28-25(33)24(21-13-15-22(31)16-14-21)30(20(4)12-11-19(2)3)23(32)18-29-26(34)35-27(5,6)7/h13-16,19-20,24,31H,8-12,17-18H2,1-7H3,(H,28,33)(H,29,34). The Morgan fingerprint density at radius 2 is 1.63 bits per heavy atom. The molecular weight excluding hydrogens is 446 g/mol. The summed E-state index contributed by atoms with van der Waals surface area (Å²) in [4.78, 5) is 40.6. The summed E-state index contributed by atoms with van der Waals surface area (Å²) in [6.45, 7) is 13.7. The van der Waals surface area contributed by atoms with Crippen LogP contribution in [0.15, 0.2) is 24.3 Å². The van der Waals surface area contributed by atoms with Crippen LogP contribution in [0.3, 0.4) is 0 Å². The summed E-state index contributed by atoms with van der Waals surface area (Å²) in [6.07, 6.45) is 3.77. The van der Waals surface area contributed by atoms with Gasteiger partial charge in [0.2, 0.25) is 11.8 Å². The van der Waals surface area contributed by atoms with Gasteiger partial charge in [0.05, 0.1) is 0 Å². The lowest BCUT2D eigenvalue weighted by atomic mass is 9.98. The number of benzene rings is 1. The first-order valence-corrected chi connectivity index (χ1v) is 12.7. The molecule has 0 spiro atoms. The molecule has 0 radical (unpaired) electrons. The van der Waals surface area contributed by atoms with E-state index in [1.165, 1.54) is 12.1 Å². The number of carbonyl (C=O) groups is 3. The highest BCUT2D eigenvalue weighted by molar-refractivity contribution is 5.90. The summed E-state index contributed by atoms with van der Waals surface area (Å²) in [7, 11) is 0. The highest BCUT2D eigenvalue weighted by Crippen LogP contribution is 2.28. The molecule has 0 bridgehead atoms. The fourth-order valence-corrected chi connectivity index (χ4v) is 3.69. The second-order valence-corrected chi connectivity index (χ2v) is 10.5. The normalized spacial score (nSPS) is 13.1. The molecular formula is C27H45N3O5. The van der Waals surface area contributed by atoms with Crippen molar-refractivity contribution in [2.24, 2.45) is 5.92 Å². The zero-order chi connectivity index (χ0) is 26.6. The number of aromatic hydroxyl groups is 1. The van der Waals surface area contributed by atoms with Crippen LogP contribution in [0.4, 0.5) is 4.79 Å². The van der Waals surface area contributed by atoms with Gasteiger partial charge in [0.15, 0.2) is 0 Å². The molecule has 2 unspecified atom stereocenters. The van der Waals surface area contributed by atoms with E-state index in [1.807, 2.05) is 6.92 Å². The molecule has 2 atom stereocenters. The van der Waals surface area contributed by atoms with Crippen LogP contribution in [0.5, 0.6) is 5.75 Å². The maximum atomic E-state index is 13.5. The Morgan fingerprint density at radius 1 is 1.00 bits per heavy atom. The molecule has 1 aromatic carbocycles. The van der Waals surface area contributed by atoms with Crippen molar-refractivity contribution in [1.29, 1.82) is 0 Å². The molecule has 0 saturated heterocycles. The fourth-order valence-electron chi connectivity index (χ4n) is 3.69. The predicted molar refractivity (Wildman–Crippen MR) is 138 cm³/mol. The number of rotatable bonds is 13. The van der Waals surface area contributed by atoms with Crippen LogP contribution in [-0.4, -0.2) is 52.6 Å². The first-order valence-electron chi connectivity index (χ1n) is 12.7. The number of hydrogen-bond donors (Lipinski definition) is 3. The lowest BCUT2D eigenvalue weighted by Gasteiger charge is -2.36. The number of alkyl carbamates (subject to hydrolysis) is 1. The first kappa shape index (κ1) is 30.3. The summed E-state index contributed by atoms with van der Waals surface area (Å²) >= 11 is 0. The van der Waals surface area contributed by atoms with Crippen molar-refractivity contribution in [3.8, 4) is 5.75 Å². The number of amides is 3. The number of phenols is 1. The van der Waals surface area contributed by atoms with Crippen LogP contribution < -0.4 is 10.6 Å². The molecule has 0 aliphatic rings. The van der Waals surface area contributed by atoms with Gasteiger partial charge in [-0.05, 0) is 70.6 Å². The van der Waals surface area contributed by atoms with Crippen LogP contribution >= 0.6 is 0 Å². The molecule has 0 fully saturated rings. The molecule has 0 saturated carbocycles. The molecule has 198 valence electrons. The third kappa shape index (κ3) is 11.5. The molecule has 35 heavy (non-hydrogen) atoms. The van der Waals surface area contributed by atoms with E-state index in [9.17, 15) is 19.5 Å². The van der Waals surface area contributed by atoms with Crippen molar-refractivity contribution in [3.05, 3.63) is 29.8 Å². The Bertz CT molecular complexity index is 802. The number of hydrogen-bond acceptors (Lipinski definition) is 5. The third-order valence-electron chi connectivity index (χ3n) is 5.52. The van der Waals surface area contributed by atoms with Crippen LogP contribution in [0, 0.1) is 5.92 Å². The van der Waals surface area contributed by atoms with E-state index in [1.54, 1.807) is 37.8 Å². The zero-order valence-corrected chi connectivity index (χ0v) is 22.5. The van der Waals surface area contributed by atoms with E-state index < -0.39 is 17.7 Å². The average Bonchev–Trinajstić information content (AvgIpc) is 2.76. The Kier molecular flexibility index (Phi) is 12.6. The Balaban J connectivity index is 3.24. The van der Waals surface area contributed by atoms with Crippen LogP contribution in [0.2, 0.25) is 0 Å². The number of nitrogens with one attached hydrogen (secondary N) is 2. The van der Waals surface area contributed by atoms with E-state index in [-0.39, 0.29) is 30.2 Å². The molecule has 3 amide bonds. The van der Waals surface area contributed by atoms with Gasteiger partial charge in [-0.1, -0.05) is 45.7 Å². The molecule has 3 N–H and O–H groups in total. The van der Waals surface area contributed by atoms with Gasteiger partial charge < -0.3 is 25.4 Å². The zero-order valence-electron chi connectivity index (χ0n) is 22.5. The molecule has 8 heteroatoms. The molecule has 1 rings (SSSR count). The molecule has 0 aliphatic carbocycles. The van der Waals surface area contributed by atoms with Crippen molar-refractivity contribution in [1.82, 2.24) is 15.5 Å². The molecule has 0 aliphatic heterocycles. The minimum absolute atomic E-state index is 0.0770. The van der Waals surface area contributed by atoms with Gasteiger partial charge in [0.25, 0.3) is 0 Å². The lowest BCUT2D eigenvalue weighted by molar-refractivity contribution is -0.142. The summed E-state index contributed by atoms with van der Waals surface area (Å²) in [5.74, 6) is -0.153. The van der Waals surface area contributed by atoms with Gasteiger partial charge in [-0.3, -0.25) is 9.59 Å². The summed E-state index contributed by atoms with van der Waals surface area (Å²) < 4.78 is 5.26. The van der Waals surface area contributed by atoms with Crippen molar-refractivity contribution in [2.45, 2.75) is 98.3 Å². The van der Waals surface area contributed by atoms with Gasteiger partial charge in [0, 0.05) is 12.6 Å². The molecule has 8 nitrogen and oxygen atoms in total. The second kappa shape index (κ2) is 14.6.